The maximum atomic E-state index is 12.8. The molecule has 0 fully saturated rings. The lowest BCUT2D eigenvalue weighted by Gasteiger charge is -2.19. The number of para-hydroxylation sites is 1. The van der Waals surface area contributed by atoms with Gasteiger partial charge in [-0.3, -0.25) is 4.79 Å². The molecule has 3 rings (SSSR count). The van der Waals surface area contributed by atoms with Gasteiger partial charge in [-0.25, -0.2) is 4.68 Å². The monoisotopic (exact) mass is 452 g/mol. The van der Waals surface area contributed by atoms with Crippen LogP contribution in [0.3, 0.4) is 0 Å². The summed E-state index contributed by atoms with van der Waals surface area (Å²) in [5.41, 5.74) is 1.96. The molecule has 0 spiro atoms. The summed E-state index contributed by atoms with van der Waals surface area (Å²) in [5, 5.41) is 7.31. The van der Waals surface area contributed by atoms with Gasteiger partial charge in [0.2, 0.25) is 0 Å². The summed E-state index contributed by atoms with van der Waals surface area (Å²) in [5.74, 6) is 1.40. The first-order chi connectivity index (χ1) is 16.1. The number of benzene rings is 2. The van der Waals surface area contributed by atoms with Crippen LogP contribution in [0.25, 0.3) is 5.69 Å². The Balaban J connectivity index is 1.63. The van der Waals surface area contributed by atoms with E-state index in [2.05, 4.69) is 29.2 Å². The average molecular weight is 453 g/mol. The van der Waals surface area contributed by atoms with Gasteiger partial charge in [-0.15, -0.1) is 0 Å². The maximum Gasteiger partial charge on any atom is 0.275 e. The summed E-state index contributed by atoms with van der Waals surface area (Å²) in [4.78, 5) is 15.1. The standard InChI is InChI=1S/C25H32N4O4/c1-5-28(6-2)14-15-33-21-13-12-19(16-22(21)31-3)17-26-25(30)24-23(32-4)18-29(27-24)20-10-8-7-9-11-20/h7-13,16,18H,5-6,14-15,17H2,1-4H3,(H,26,30). The number of amides is 1. The van der Waals surface area contributed by atoms with Crippen LogP contribution in [0.15, 0.2) is 54.7 Å². The molecule has 0 unspecified atom stereocenters. The summed E-state index contributed by atoms with van der Waals surface area (Å²) in [6.07, 6.45) is 1.69. The highest BCUT2D eigenvalue weighted by Crippen LogP contribution is 2.28. The molecule has 8 heteroatoms. The van der Waals surface area contributed by atoms with E-state index in [1.54, 1.807) is 18.0 Å². The van der Waals surface area contributed by atoms with Gasteiger partial charge in [0.1, 0.15) is 6.61 Å². The molecule has 0 aliphatic heterocycles. The number of nitrogens with one attached hydrogen (secondary N) is 1. The van der Waals surface area contributed by atoms with Crippen LogP contribution in [0.5, 0.6) is 17.2 Å². The molecule has 1 amide bonds. The molecule has 1 heterocycles. The van der Waals surface area contributed by atoms with Crippen molar-refractivity contribution < 1.29 is 19.0 Å². The van der Waals surface area contributed by atoms with E-state index in [1.807, 2.05) is 48.5 Å². The second-order valence-corrected chi connectivity index (χ2v) is 7.37. The van der Waals surface area contributed by atoms with E-state index >= 15 is 0 Å². The van der Waals surface area contributed by atoms with Crippen LogP contribution in [0.2, 0.25) is 0 Å². The van der Waals surface area contributed by atoms with Crippen LogP contribution in [-0.4, -0.2) is 61.0 Å². The number of carbonyl (C=O) groups excluding carboxylic acids is 1. The minimum atomic E-state index is -0.319. The van der Waals surface area contributed by atoms with Gasteiger partial charge in [0.05, 0.1) is 26.1 Å². The average Bonchev–Trinajstić information content (AvgIpc) is 3.31. The number of aromatic nitrogens is 2. The predicted molar refractivity (Wildman–Crippen MR) is 128 cm³/mol. The number of hydrogen-bond acceptors (Lipinski definition) is 6. The van der Waals surface area contributed by atoms with Crippen molar-refractivity contribution >= 4 is 5.91 Å². The zero-order valence-electron chi connectivity index (χ0n) is 19.7. The van der Waals surface area contributed by atoms with Crippen LogP contribution in [0.1, 0.15) is 29.9 Å². The molecule has 0 radical (unpaired) electrons. The molecule has 8 nitrogen and oxygen atoms in total. The van der Waals surface area contributed by atoms with Crippen LogP contribution in [-0.2, 0) is 6.54 Å². The van der Waals surface area contributed by atoms with E-state index in [1.165, 1.54) is 7.11 Å². The van der Waals surface area contributed by atoms with Crippen molar-refractivity contribution in [3.63, 3.8) is 0 Å². The van der Waals surface area contributed by atoms with Crippen molar-refractivity contribution in [3.05, 3.63) is 66.0 Å². The first-order valence-electron chi connectivity index (χ1n) is 11.1. The smallest absolute Gasteiger partial charge is 0.275 e. The summed E-state index contributed by atoms with van der Waals surface area (Å²) in [6, 6.07) is 15.2. The fraction of sp³-hybridized carbons (Fsp3) is 0.360. The van der Waals surface area contributed by atoms with Gasteiger partial charge in [0.15, 0.2) is 22.9 Å². The lowest BCUT2D eigenvalue weighted by Crippen LogP contribution is -2.28. The summed E-state index contributed by atoms with van der Waals surface area (Å²) >= 11 is 0. The number of nitrogens with zero attached hydrogens (tertiary/aromatic N) is 3. The van der Waals surface area contributed by atoms with Crippen LogP contribution < -0.4 is 19.5 Å². The first kappa shape index (κ1) is 24.1. The lowest BCUT2D eigenvalue weighted by molar-refractivity contribution is 0.0942. The number of ether oxygens (including phenoxy) is 3. The zero-order chi connectivity index (χ0) is 23.6. The van der Waals surface area contributed by atoms with E-state index in [0.717, 1.165) is 30.9 Å². The molecule has 33 heavy (non-hydrogen) atoms. The molecule has 0 saturated heterocycles. The van der Waals surface area contributed by atoms with Crippen molar-refractivity contribution in [2.24, 2.45) is 0 Å². The second-order valence-electron chi connectivity index (χ2n) is 7.37. The molecule has 0 aliphatic rings. The quantitative estimate of drug-likeness (QED) is 0.453. The number of carbonyl (C=O) groups is 1. The van der Waals surface area contributed by atoms with E-state index in [9.17, 15) is 4.79 Å². The van der Waals surface area contributed by atoms with Crippen molar-refractivity contribution in [2.45, 2.75) is 20.4 Å². The van der Waals surface area contributed by atoms with Crippen LogP contribution in [0, 0.1) is 0 Å². The number of hydrogen-bond donors (Lipinski definition) is 1. The molecule has 3 aromatic rings. The molecule has 1 N–H and O–H groups in total. The van der Waals surface area contributed by atoms with Crippen molar-refractivity contribution in [2.75, 3.05) is 40.5 Å². The largest absolute Gasteiger partial charge is 0.493 e. The first-order valence-corrected chi connectivity index (χ1v) is 11.1. The molecule has 0 bridgehead atoms. The van der Waals surface area contributed by atoms with Gasteiger partial charge in [-0.05, 0) is 42.9 Å². The van der Waals surface area contributed by atoms with E-state index in [0.29, 0.717) is 30.4 Å². The summed E-state index contributed by atoms with van der Waals surface area (Å²) in [7, 11) is 3.13. The minimum absolute atomic E-state index is 0.227. The highest BCUT2D eigenvalue weighted by Gasteiger charge is 2.18. The Morgan fingerprint density at radius 3 is 2.39 bits per heavy atom. The van der Waals surface area contributed by atoms with Crippen molar-refractivity contribution in [3.8, 4) is 22.9 Å². The van der Waals surface area contributed by atoms with E-state index in [4.69, 9.17) is 14.2 Å². The Morgan fingerprint density at radius 2 is 1.73 bits per heavy atom. The van der Waals surface area contributed by atoms with Gasteiger partial charge in [-0.2, -0.15) is 5.10 Å². The molecular formula is C25H32N4O4. The van der Waals surface area contributed by atoms with E-state index < -0.39 is 0 Å². The Hall–Kier alpha value is -3.52. The molecule has 0 aliphatic carbocycles. The normalized spacial score (nSPS) is 10.8. The lowest BCUT2D eigenvalue weighted by atomic mass is 10.2. The Bertz CT molecular complexity index is 1030. The molecule has 176 valence electrons. The number of likely N-dealkylation sites (N-methyl/N-ethyl adjacent to an activating group) is 1. The van der Waals surface area contributed by atoms with Crippen LogP contribution >= 0.6 is 0 Å². The zero-order valence-corrected chi connectivity index (χ0v) is 19.7. The van der Waals surface area contributed by atoms with Gasteiger partial charge in [-0.1, -0.05) is 38.1 Å². The Kier molecular flexibility index (Phi) is 8.71. The third-order valence-electron chi connectivity index (χ3n) is 5.38. The third-order valence-corrected chi connectivity index (χ3v) is 5.38. The molecule has 1 aromatic heterocycles. The Labute approximate surface area is 195 Å². The summed E-state index contributed by atoms with van der Waals surface area (Å²) in [6.45, 7) is 8.00. The fourth-order valence-electron chi connectivity index (χ4n) is 3.41. The van der Waals surface area contributed by atoms with Gasteiger partial charge < -0.3 is 24.4 Å². The SMILES string of the molecule is CCN(CC)CCOc1ccc(CNC(=O)c2nn(-c3ccccc3)cc2OC)cc1OC. The minimum Gasteiger partial charge on any atom is -0.493 e. The predicted octanol–water partition coefficient (Wildman–Crippen LogP) is 3.54. The topological polar surface area (TPSA) is 77.9 Å². The fourth-order valence-corrected chi connectivity index (χ4v) is 3.41. The third kappa shape index (κ3) is 6.26. The molecule has 2 aromatic carbocycles. The highest BCUT2D eigenvalue weighted by atomic mass is 16.5. The molecule has 0 saturated carbocycles. The maximum absolute atomic E-state index is 12.8. The second kappa shape index (κ2) is 11.9. The van der Waals surface area contributed by atoms with Gasteiger partial charge in [0.25, 0.3) is 5.91 Å². The van der Waals surface area contributed by atoms with Gasteiger partial charge >= 0.3 is 0 Å². The summed E-state index contributed by atoms with van der Waals surface area (Å²) < 4.78 is 18.4. The Morgan fingerprint density at radius 1 is 1.00 bits per heavy atom. The van der Waals surface area contributed by atoms with Crippen molar-refractivity contribution in [1.82, 2.24) is 20.0 Å². The highest BCUT2D eigenvalue weighted by molar-refractivity contribution is 5.94. The molecular weight excluding hydrogens is 420 g/mol. The number of methoxy groups -OCH3 is 2. The van der Waals surface area contributed by atoms with Crippen LogP contribution in [0.4, 0.5) is 0 Å². The number of rotatable bonds is 12. The molecule has 0 atom stereocenters. The van der Waals surface area contributed by atoms with Crippen molar-refractivity contribution in [1.29, 1.82) is 0 Å². The van der Waals surface area contributed by atoms with Gasteiger partial charge in [0, 0.05) is 13.1 Å². The van der Waals surface area contributed by atoms with E-state index in [-0.39, 0.29) is 11.6 Å².